The molecule has 0 aliphatic carbocycles. The third-order valence-electron chi connectivity index (χ3n) is 3.78. The summed E-state index contributed by atoms with van der Waals surface area (Å²) in [6.07, 6.45) is 5.86. The molecule has 0 spiro atoms. The highest BCUT2D eigenvalue weighted by molar-refractivity contribution is 5.76. The van der Waals surface area contributed by atoms with Crippen molar-refractivity contribution in [1.29, 1.82) is 0 Å². The lowest BCUT2D eigenvalue weighted by Gasteiger charge is -2.08. The molecule has 0 bridgehead atoms. The highest BCUT2D eigenvalue weighted by Gasteiger charge is 2.11. The summed E-state index contributed by atoms with van der Waals surface area (Å²) in [5, 5.41) is 2.89. The van der Waals surface area contributed by atoms with E-state index < -0.39 is 0 Å². The van der Waals surface area contributed by atoms with Crippen LogP contribution in [0.1, 0.15) is 17.7 Å². The van der Waals surface area contributed by atoms with E-state index in [9.17, 15) is 4.79 Å². The Kier molecular flexibility index (Phi) is 5.41. The zero-order valence-corrected chi connectivity index (χ0v) is 13.9. The van der Waals surface area contributed by atoms with Gasteiger partial charge >= 0.3 is 0 Å². The van der Waals surface area contributed by atoms with Crippen LogP contribution in [-0.2, 0) is 17.8 Å². The van der Waals surface area contributed by atoms with Crippen LogP contribution in [0.4, 0.5) is 0 Å². The number of aromatic nitrogens is 2. The quantitative estimate of drug-likeness (QED) is 0.717. The van der Waals surface area contributed by atoms with E-state index in [4.69, 9.17) is 9.15 Å². The van der Waals surface area contributed by atoms with Gasteiger partial charge in [0.15, 0.2) is 5.76 Å². The van der Waals surface area contributed by atoms with Crippen LogP contribution in [-0.4, -0.2) is 23.0 Å². The van der Waals surface area contributed by atoms with Gasteiger partial charge in [-0.2, -0.15) is 0 Å². The number of aryl methyl sites for hydroxylation is 1. The van der Waals surface area contributed by atoms with Crippen LogP contribution in [0, 0.1) is 0 Å². The number of carbonyl (C=O) groups is 1. The zero-order valence-electron chi connectivity index (χ0n) is 13.9. The summed E-state index contributed by atoms with van der Waals surface area (Å²) >= 11 is 0. The van der Waals surface area contributed by atoms with Crippen molar-refractivity contribution < 1.29 is 13.9 Å². The van der Waals surface area contributed by atoms with Gasteiger partial charge in [0.1, 0.15) is 11.4 Å². The molecule has 3 aromatic rings. The fourth-order valence-electron chi connectivity index (χ4n) is 2.44. The van der Waals surface area contributed by atoms with Crippen LogP contribution in [0.25, 0.3) is 11.5 Å². The molecule has 128 valence electrons. The normalized spacial score (nSPS) is 10.4. The fraction of sp³-hybridized carbons (Fsp3) is 0.211. The zero-order chi connectivity index (χ0) is 17.5. The first kappa shape index (κ1) is 16.7. The van der Waals surface area contributed by atoms with Crippen LogP contribution in [0.15, 0.2) is 59.5 Å². The maximum absolute atomic E-state index is 12.1. The molecule has 6 heteroatoms. The Hall–Kier alpha value is -3.15. The van der Waals surface area contributed by atoms with Crippen molar-refractivity contribution in [3.63, 3.8) is 0 Å². The van der Waals surface area contributed by atoms with Crippen molar-refractivity contribution in [2.75, 3.05) is 7.11 Å². The monoisotopic (exact) mass is 337 g/mol. The van der Waals surface area contributed by atoms with E-state index in [1.54, 1.807) is 31.8 Å². The number of carbonyl (C=O) groups excluding carboxylic acids is 1. The lowest BCUT2D eigenvalue weighted by molar-refractivity contribution is -0.121. The molecular formula is C19H19N3O3. The van der Waals surface area contributed by atoms with Gasteiger partial charge in [0, 0.05) is 18.8 Å². The van der Waals surface area contributed by atoms with Crippen LogP contribution in [0.2, 0.25) is 0 Å². The summed E-state index contributed by atoms with van der Waals surface area (Å²) in [5.41, 5.74) is 2.41. The molecule has 0 atom stereocenters. The van der Waals surface area contributed by atoms with Crippen molar-refractivity contribution in [2.45, 2.75) is 19.4 Å². The Morgan fingerprint density at radius 1 is 1.16 bits per heavy atom. The second-order valence-corrected chi connectivity index (χ2v) is 5.45. The van der Waals surface area contributed by atoms with E-state index in [2.05, 4.69) is 15.3 Å². The molecule has 2 aromatic heterocycles. The average Bonchev–Trinajstić information content (AvgIpc) is 3.20. The predicted molar refractivity (Wildman–Crippen MR) is 92.9 cm³/mol. The molecule has 2 heterocycles. The molecule has 1 N–H and O–H groups in total. The number of ether oxygens (including phenoxy) is 1. The first-order valence-electron chi connectivity index (χ1n) is 7.99. The van der Waals surface area contributed by atoms with Gasteiger partial charge in [-0.25, -0.2) is 4.98 Å². The standard InChI is InChI=1S/C19H19N3O3/c1-24-15-7-4-14(5-8-15)6-9-18(23)22-13-16-19(21-11-10-20-16)17-3-2-12-25-17/h2-5,7-8,10-12H,6,9,13H2,1H3,(H,22,23). The largest absolute Gasteiger partial charge is 0.497 e. The maximum Gasteiger partial charge on any atom is 0.220 e. The van der Waals surface area contributed by atoms with E-state index >= 15 is 0 Å². The molecule has 6 nitrogen and oxygen atoms in total. The number of nitrogens with zero attached hydrogens (tertiary/aromatic N) is 2. The molecule has 0 aliphatic heterocycles. The van der Waals surface area contributed by atoms with Crippen molar-refractivity contribution in [2.24, 2.45) is 0 Å². The first-order chi connectivity index (χ1) is 12.3. The van der Waals surface area contributed by atoms with Gasteiger partial charge in [-0.1, -0.05) is 12.1 Å². The van der Waals surface area contributed by atoms with Gasteiger partial charge in [0.05, 0.1) is 25.6 Å². The molecule has 0 aliphatic rings. The summed E-state index contributed by atoms with van der Waals surface area (Å²) in [6, 6.07) is 11.3. The molecule has 0 saturated carbocycles. The SMILES string of the molecule is COc1ccc(CCC(=O)NCc2nccnc2-c2ccco2)cc1. The summed E-state index contributed by atoms with van der Waals surface area (Å²) < 4.78 is 10.5. The Bertz CT molecular complexity index is 814. The van der Waals surface area contributed by atoms with Crippen molar-refractivity contribution in [3.8, 4) is 17.2 Å². The molecule has 3 rings (SSSR count). The summed E-state index contributed by atoms with van der Waals surface area (Å²) in [4.78, 5) is 20.7. The Balaban J connectivity index is 1.54. The third-order valence-corrected chi connectivity index (χ3v) is 3.78. The highest BCUT2D eigenvalue weighted by atomic mass is 16.5. The van der Waals surface area contributed by atoms with E-state index in [-0.39, 0.29) is 5.91 Å². The van der Waals surface area contributed by atoms with Gasteiger partial charge < -0.3 is 14.5 Å². The Morgan fingerprint density at radius 2 is 1.96 bits per heavy atom. The van der Waals surface area contributed by atoms with Crippen molar-refractivity contribution >= 4 is 5.91 Å². The second-order valence-electron chi connectivity index (χ2n) is 5.45. The van der Waals surface area contributed by atoms with Crippen LogP contribution in [0.3, 0.4) is 0 Å². The summed E-state index contributed by atoms with van der Waals surface area (Å²) in [7, 11) is 1.63. The molecule has 0 fully saturated rings. The molecule has 1 aromatic carbocycles. The maximum atomic E-state index is 12.1. The molecular weight excluding hydrogens is 318 g/mol. The lowest BCUT2D eigenvalue weighted by atomic mass is 10.1. The average molecular weight is 337 g/mol. The number of benzene rings is 1. The molecule has 25 heavy (non-hydrogen) atoms. The number of amides is 1. The smallest absolute Gasteiger partial charge is 0.220 e. The van der Waals surface area contributed by atoms with Crippen LogP contribution < -0.4 is 10.1 Å². The van der Waals surface area contributed by atoms with Crippen molar-refractivity contribution in [3.05, 3.63) is 66.3 Å². The predicted octanol–water partition coefficient (Wildman–Crippen LogP) is 2.99. The van der Waals surface area contributed by atoms with Gasteiger partial charge in [-0.3, -0.25) is 9.78 Å². The van der Waals surface area contributed by atoms with E-state index in [0.29, 0.717) is 36.5 Å². The minimum atomic E-state index is -0.0353. The van der Waals surface area contributed by atoms with E-state index in [1.165, 1.54) is 0 Å². The summed E-state index contributed by atoms with van der Waals surface area (Å²) in [6.45, 7) is 0.311. The topological polar surface area (TPSA) is 77.2 Å². The number of nitrogens with one attached hydrogen (secondary N) is 1. The number of hydrogen-bond donors (Lipinski definition) is 1. The third kappa shape index (κ3) is 4.44. The van der Waals surface area contributed by atoms with E-state index in [1.807, 2.05) is 30.3 Å². The van der Waals surface area contributed by atoms with Gasteiger partial charge in [0.25, 0.3) is 0 Å². The van der Waals surface area contributed by atoms with Crippen LogP contribution >= 0.6 is 0 Å². The number of rotatable bonds is 7. The molecule has 0 radical (unpaired) electrons. The molecule has 0 saturated heterocycles. The highest BCUT2D eigenvalue weighted by Crippen LogP contribution is 2.19. The van der Waals surface area contributed by atoms with Gasteiger partial charge in [-0.15, -0.1) is 0 Å². The lowest BCUT2D eigenvalue weighted by Crippen LogP contribution is -2.24. The van der Waals surface area contributed by atoms with Gasteiger partial charge in [0.2, 0.25) is 5.91 Å². The van der Waals surface area contributed by atoms with E-state index in [0.717, 1.165) is 11.3 Å². The Labute approximate surface area is 145 Å². The van der Waals surface area contributed by atoms with Crippen LogP contribution in [0.5, 0.6) is 5.75 Å². The molecule has 1 amide bonds. The molecule has 0 unspecified atom stereocenters. The fourth-order valence-corrected chi connectivity index (χ4v) is 2.44. The number of furan rings is 1. The number of methoxy groups -OCH3 is 1. The first-order valence-corrected chi connectivity index (χ1v) is 7.99. The van der Waals surface area contributed by atoms with Gasteiger partial charge in [-0.05, 0) is 36.2 Å². The Morgan fingerprint density at radius 3 is 2.68 bits per heavy atom. The minimum Gasteiger partial charge on any atom is -0.497 e. The minimum absolute atomic E-state index is 0.0353. The van der Waals surface area contributed by atoms with Crippen molar-refractivity contribution in [1.82, 2.24) is 15.3 Å². The number of hydrogen-bond acceptors (Lipinski definition) is 5. The summed E-state index contributed by atoms with van der Waals surface area (Å²) in [5.74, 6) is 1.41. The second kappa shape index (κ2) is 8.10.